The van der Waals surface area contributed by atoms with Crippen molar-refractivity contribution in [1.82, 2.24) is 0 Å². The van der Waals surface area contributed by atoms with E-state index in [2.05, 4.69) is 10.6 Å². The first-order valence-corrected chi connectivity index (χ1v) is 9.52. The van der Waals surface area contributed by atoms with Crippen LogP contribution in [0.25, 0.3) is 11.6 Å². The average Bonchev–Trinajstić information content (AvgIpc) is 3.31. The molecular formula is C22H16N2O3S. The van der Waals surface area contributed by atoms with E-state index in [-0.39, 0.29) is 17.6 Å². The summed E-state index contributed by atoms with van der Waals surface area (Å²) in [6.07, 6.45) is 1.78. The van der Waals surface area contributed by atoms with Crippen LogP contribution in [0.1, 0.15) is 33.3 Å². The van der Waals surface area contributed by atoms with Crippen LogP contribution in [0.15, 0.2) is 60.0 Å². The molecule has 2 heterocycles. The van der Waals surface area contributed by atoms with Crippen LogP contribution in [-0.2, 0) is 9.59 Å². The van der Waals surface area contributed by atoms with E-state index in [1.165, 1.54) is 18.3 Å². The molecule has 2 amide bonds. The van der Waals surface area contributed by atoms with Crippen LogP contribution in [0.5, 0.6) is 0 Å². The topological polar surface area (TPSA) is 75.3 Å². The molecule has 5 nitrogen and oxygen atoms in total. The monoisotopic (exact) mass is 388 g/mol. The van der Waals surface area contributed by atoms with Crippen LogP contribution in [-0.4, -0.2) is 17.6 Å². The molecule has 0 radical (unpaired) electrons. The normalized spacial score (nSPS) is 13.9. The smallest absolute Gasteiger partial charge is 0.256 e. The van der Waals surface area contributed by atoms with Crippen LogP contribution in [0, 0.1) is 0 Å². The molecule has 0 unspecified atom stereocenters. The number of benzene rings is 2. The van der Waals surface area contributed by atoms with Crippen LogP contribution in [0.2, 0.25) is 0 Å². The summed E-state index contributed by atoms with van der Waals surface area (Å²) in [5.41, 5.74) is 3.96. The van der Waals surface area contributed by atoms with Gasteiger partial charge in [-0.25, -0.2) is 0 Å². The standard InChI is InChI=1S/C22H16N2O3S/c1-13(25)23-16-7-4-14(5-8-16)11-18-17-12-15(6-9-19(17)24-22(18)27)21(26)20-3-2-10-28-20/h2-12H,1H3,(H,23,25)(H,24,27)/b18-11-. The van der Waals surface area contributed by atoms with E-state index in [0.717, 1.165) is 5.56 Å². The molecule has 4 rings (SSSR count). The number of hydrogen-bond donors (Lipinski definition) is 2. The molecule has 0 aliphatic carbocycles. The van der Waals surface area contributed by atoms with Gasteiger partial charge in [0.1, 0.15) is 0 Å². The third kappa shape index (κ3) is 3.50. The Hall–Kier alpha value is -3.51. The van der Waals surface area contributed by atoms with Crippen molar-refractivity contribution >= 4 is 52.0 Å². The molecule has 6 heteroatoms. The van der Waals surface area contributed by atoms with Crippen molar-refractivity contribution in [2.75, 3.05) is 10.6 Å². The van der Waals surface area contributed by atoms with Crippen LogP contribution in [0.3, 0.4) is 0 Å². The molecule has 28 heavy (non-hydrogen) atoms. The molecule has 0 bridgehead atoms. The van der Waals surface area contributed by atoms with Gasteiger partial charge < -0.3 is 10.6 Å². The van der Waals surface area contributed by atoms with Gasteiger partial charge in [-0.1, -0.05) is 18.2 Å². The van der Waals surface area contributed by atoms with Gasteiger partial charge in [-0.05, 0) is 53.4 Å². The van der Waals surface area contributed by atoms with Gasteiger partial charge in [-0.15, -0.1) is 11.3 Å². The van der Waals surface area contributed by atoms with Gasteiger partial charge in [0.2, 0.25) is 11.7 Å². The van der Waals surface area contributed by atoms with Gasteiger partial charge >= 0.3 is 0 Å². The fourth-order valence-electron chi connectivity index (χ4n) is 3.06. The maximum Gasteiger partial charge on any atom is 0.256 e. The van der Waals surface area contributed by atoms with E-state index in [9.17, 15) is 14.4 Å². The number of fused-ring (bicyclic) bond motifs is 1. The minimum atomic E-state index is -0.207. The summed E-state index contributed by atoms with van der Waals surface area (Å²) < 4.78 is 0. The lowest BCUT2D eigenvalue weighted by molar-refractivity contribution is -0.114. The molecule has 0 fully saturated rings. The number of hydrogen-bond acceptors (Lipinski definition) is 4. The largest absolute Gasteiger partial charge is 0.326 e. The van der Waals surface area contributed by atoms with Crippen LogP contribution >= 0.6 is 11.3 Å². The van der Waals surface area contributed by atoms with Gasteiger partial charge in [-0.2, -0.15) is 0 Å². The van der Waals surface area contributed by atoms with Crippen LogP contribution in [0.4, 0.5) is 11.4 Å². The quantitative estimate of drug-likeness (QED) is 0.513. The lowest BCUT2D eigenvalue weighted by Crippen LogP contribution is -2.05. The molecule has 1 aromatic heterocycles. The molecule has 138 valence electrons. The molecule has 3 aromatic rings. The Balaban J connectivity index is 1.67. The number of ketones is 1. The number of nitrogens with one attached hydrogen (secondary N) is 2. The molecule has 0 spiro atoms. The number of thiophene rings is 1. The highest BCUT2D eigenvalue weighted by Crippen LogP contribution is 2.34. The van der Waals surface area contributed by atoms with Gasteiger partial charge in [-0.3, -0.25) is 14.4 Å². The van der Waals surface area contributed by atoms with Crippen molar-refractivity contribution in [2.45, 2.75) is 6.92 Å². The van der Waals surface area contributed by atoms with Crippen LogP contribution < -0.4 is 10.6 Å². The van der Waals surface area contributed by atoms with Crippen molar-refractivity contribution < 1.29 is 14.4 Å². The molecule has 1 aliphatic heterocycles. The van der Waals surface area contributed by atoms with Crippen molar-refractivity contribution in [3.63, 3.8) is 0 Å². The summed E-state index contributed by atoms with van der Waals surface area (Å²) in [6.45, 7) is 1.45. The minimum Gasteiger partial charge on any atom is -0.326 e. The van der Waals surface area contributed by atoms with Gasteiger partial charge in [0, 0.05) is 35.0 Å². The van der Waals surface area contributed by atoms with E-state index < -0.39 is 0 Å². The third-order valence-electron chi connectivity index (χ3n) is 4.35. The first-order valence-electron chi connectivity index (χ1n) is 8.64. The fraction of sp³-hybridized carbons (Fsp3) is 0.0455. The second-order valence-corrected chi connectivity index (χ2v) is 7.33. The Morgan fingerprint density at radius 1 is 1.07 bits per heavy atom. The molecule has 0 atom stereocenters. The summed E-state index contributed by atoms with van der Waals surface area (Å²) in [5, 5.41) is 7.40. The molecule has 1 aliphatic rings. The zero-order valence-electron chi connectivity index (χ0n) is 15.0. The molecule has 2 aromatic carbocycles. The number of carbonyl (C=O) groups is 3. The Bertz CT molecular complexity index is 1110. The van der Waals surface area contributed by atoms with Crippen molar-refractivity contribution in [3.8, 4) is 0 Å². The average molecular weight is 388 g/mol. The van der Waals surface area contributed by atoms with Crippen molar-refractivity contribution in [2.24, 2.45) is 0 Å². The molecule has 0 saturated carbocycles. The highest BCUT2D eigenvalue weighted by Gasteiger charge is 2.25. The summed E-state index contributed by atoms with van der Waals surface area (Å²) in [5.74, 6) is -0.407. The zero-order chi connectivity index (χ0) is 19.7. The molecule has 2 N–H and O–H groups in total. The highest BCUT2D eigenvalue weighted by atomic mass is 32.1. The Morgan fingerprint density at radius 2 is 1.86 bits per heavy atom. The third-order valence-corrected chi connectivity index (χ3v) is 5.22. The van der Waals surface area contributed by atoms with E-state index in [1.54, 1.807) is 42.5 Å². The van der Waals surface area contributed by atoms with Gasteiger partial charge in [0.25, 0.3) is 5.91 Å². The minimum absolute atomic E-state index is 0.0591. The Labute approximate surface area is 165 Å². The van der Waals surface area contributed by atoms with E-state index in [4.69, 9.17) is 0 Å². The second-order valence-electron chi connectivity index (χ2n) is 6.38. The Kier molecular flexibility index (Phi) is 4.63. The van der Waals surface area contributed by atoms with Crippen molar-refractivity contribution in [3.05, 3.63) is 81.5 Å². The maximum absolute atomic E-state index is 12.6. The first kappa shape index (κ1) is 17.9. The van der Waals surface area contributed by atoms with Gasteiger partial charge in [0.15, 0.2) is 0 Å². The SMILES string of the molecule is CC(=O)Nc1ccc(/C=C2\C(=O)Nc3ccc(C(=O)c4cccs4)cc32)cc1. The number of amides is 2. The highest BCUT2D eigenvalue weighted by molar-refractivity contribution is 7.12. The van der Waals surface area contributed by atoms with E-state index >= 15 is 0 Å². The number of anilines is 2. The number of carbonyl (C=O) groups excluding carboxylic acids is 3. The van der Waals surface area contributed by atoms with E-state index in [1.807, 2.05) is 23.6 Å². The number of rotatable bonds is 4. The molecule has 0 saturated heterocycles. The first-order chi connectivity index (χ1) is 13.5. The summed E-state index contributed by atoms with van der Waals surface area (Å²) >= 11 is 1.39. The summed E-state index contributed by atoms with van der Waals surface area (Å²) in [6, 6.07) is 16.1. The molecular weight excluding hydrogens is 372 g/mol. The maximum atomic E-state index is 12.6. The van der Waals surface area contributed by atoms with E-state index in [0.29, 0.717) is 33.0 Å². The summed E-state index contributed by atoms with van der Waals surface area (Å²) in [4.78, 5) is 36.9. The van der Waals surface area contributed by atoms with Crippen molar-refractivity contribution in [1.29, 1.82) is 0 Å². The van der Waals surface area contributed by atoms with Gasteiger partial charge in [0.05, 0.1) is 4.88 Å². The zero-order valence-corrected chi connectivity index (χ0v) is 15.8. The lowest BCUT2D eigenvalue weighted by atomic mass is 9.99. The predicted octanol–water partition coefficient (Wildman–Crippen LogP) is 4.43. The second kappa shape index (κ2) is 7.25. The predicted molar refractivity (Wildman–Crippen MR) is 111 cm³/mol. The Morgan fingerprint density at radius 3 is 2.54 bits per heavy atom. The fourth-order valence-corrected chi connectivity index (χ4v) is 3.74. The summed E-state index contributed by atoms with van der Waals surface area (Å²) in [7, 11) is 0. The lowest BCUT2D eigenvalue weighted by Gasteiger charge is -2.04.